The van der Waals surface area contributed by atoms with Crippen molar-refractivity contribution >= 4 is 45.6 Å². The molecule has 0 saturated carbocycles. The van der Waals surface area contributed by atoms with E-state index < -0.39 is 0 Å². The predicted molar refractivity (Wildman–Crippen MR) is 75.2 cm³/mol. The summed E-state index contributed by atoms with van der Waals surface area (Å²) in [6.45, 7) is 1.66. The van der Waals surface area contributed by atoms with Gasteiger partial charge in [0.1, 0.15) is 10.8 Å². The Bertz CT molecular complexity index is 603. The number of amides is 1. The third-order valence-corrected chi connectivity index (χ3v) is 3.53. The zero-order chi connectivity index (χ0) is 13.8. The van der Waals surface area contributed by atoms with Crippen LogP contribution in [0.4, 0.5) is 5.13 Å². The Morgan fingerprint density at radius 2 is 2.16 bits per heavy atom. The van der Waals surface area contributed by atoms with Crippen LogP contribution in [0.1, 0.15) is 5.01 Å². The molecule has 0 bridgehead atoms. The highest BCUT2D eigenvalue weighted by atomic mass is 35.5. The molecule has 0 fully saturated rings. The van der Waals surface area contributed by atoms with Gasteiger partial charge < -0.3 is 4.74 Å². The van der Waals surface area contributed by atoms with E-state index in [4.69, 9.17) is 27.9 Å². The molecule has 0 spiro atoms. The van der Waals surface area contributed by atoms with Crippen molar-refractivity contribution in [3.63, 3.8) is 0 Å². The van der Waals surface area contributed by atoms with Crippen LogP contribution in [0.5, 0.6) is 5.75 Å². The lowest BCUT2D eigenvalue weighted by atomic mass is 10.3. The molecule has 0 saturated heterocycles. The number of halogens is 2. The van der Waals surface area contributed by atoms with Gasteiger partial charge in [-0.3, -0.25) is 10.1 Å². The minimum absolute atomic E-state index is 0.142. The molecule has 0 radical (unpaired) electrons. The Kier molecular flexibility index (Phi) is 4.57. The minimum Gasteiger partial charge on any atom is -0.484 e. The Morgan fingerprint density at radius 3 is 2.79 bits per heavy atom. The van der Waals surface area contributed by atoms with Gasteiger partial charge in [0.15, 0.2) is 6.61 Å². The number of nitrogens with one attached hydrogen (secondary N) is 1. The summed E-state index contributed by atoms with van der Waals surface area (Å²) in [7, 11) is 0. The SMILES string of the molecule is Cc1nnc(NC(=O)COc2ccc(Cl)c(Cl)c2)s1. The van der Waals surface area contributed by atoms with Crippen LogP contribution in [0, 0.1) is 6.92 Å². The third kappa shape index (κ3) is 4.05. The van der Waals surface area contributed by atoms with Crippen LogP contribution >= 0.6 is 34.5 Å². The van der Waals surface area contributed by atoms with E-state index in [9.17, 15) is 4.79 Å². The largest absolute Gasteiger partial charge is 0.484 e. The van der Waals surface area contributed by atoms with E-state index in [1.165, 1.54) is 11.3 Å². The van der Waals surface area contributed by atoms with Crippen molar-refractivity contribution in [2.75, 3.05) is 11.9 Å². The third-order valence-electron chi connectivity index (χ3n) is 2.03. The van der Waals surface area contributed by atoms with Gasteiger partial charge in [0.25, 0.3) is 5.91 Å². The number of hydrogen-bond donors (Lipinski definition) is 1. The summed E-state index contributed by atoms with van der Waals surface area (Å²) in [5.41, 5.74) is 0. The normalized spacial score (nSPS) is 10.3. The zero-order valence-corrected chi connectivity index (χ0v) is 12.1. The van der Waals surface area contributed by atoms with Gasteiger partial charge >= 0.3 is 0 Å². The molecule has 0 aliphatic carbocycles. The van der Waals surface area contributed by atoms with Crippen molar-refractivity contribution < 1.29 is 9.53 Å². The second-order valence-electron chi connectivity index (χ2n) is 3.54. The van der Waals surface area contributed by atoms with Crippen LogP contribution in [0.2, 0.25) is 10.0 Å². The Morgan fingerprint density at radius 1 is 1.37 bits per heavy atom. The van der Waals surface area contributed by atoms with Crippen molar-refractivity contribution in [1.82, 2.24) is 10.2 Å². The topological polar surface area (TPSA) is 64.1 Å². The van der Waals surface area contributed by atoms with E-state index in [1.54, 1.807) is 25.1 Å². The molecule has 1 amide bonds. The number of hydrogen-bond acceptors (Lipinski definition) is 5. The number of ether oxygens (including phenoxy) is 1. The first-order valence-corrected chi connectivity index (χ1v) is 6.79. The summed E-state index contributed by atoms with van der Waals surface area (Å²) in [5, 5.41) is 12.2. The van der Waals surface area contributed by atoms with E-state index >= 15 is 0 Å². The van der Waals surface area contributed by atoms with Gasteiger partial charge in [-0.2, -0.15) is 0 Å². The number of carbonyl (C=O) groups is 1. The minimum atomic E-state index is -0.317. The lowest BCUT2D eigenvalue weighted by Gasteiger charge is -2.06. The molecule has 2 rings (SSSR count). The summed E-state index contributed by atoms with van der Waals surface area (Å²) in [6, 6.07) is 4.79. The highest BCUT2D eigenvalue weighted by Crippen LogP contribution is 2.26. The maximum Gasteiger partial charge on any atom is 0.264 e. The molecule has 1 heterocycles. The number of carbonyl (C=O) groups excluding carboxylic acids is 1. The lowest BCUT2D eigenvalue weighted by Crippen LogP contribution is -2.20. The van der Waals surface area contributed by atoms with Crippen molar-refractivity contribution in [3.8, 4) is 5.75 Å². The van der Waals surface area contributed by atoms with Gasteiger partial charge in [-0.15, -0.1) is 10.2 Å². The highest BCUT2D eigenvalue weighted by molar-refractivity contribution is 7.15. The summed E-state index contributed by atoms with van der Waals surface area (Å²) >= 11 is 12.9. The summed E-state index contributed by atoms with van der Waals surface area (Å²) in [6.07, 6.45) is 0. The van der Waals surface area contributed by atoms with Gasteiger partial charge in [-0.25, -0.2) is 0 Å². The molecule has 0 atom stereocenters. The molecule has 8 heteroatoms. The number of aryl methyl sites for hydroxylation is 1. The molecule has 1 aromatic heterocycles. The van der Waals surface area contributed by atoms with E-state index in [0.717, 1.165) is 5.01 Å². The summed E-state index contributed by atoms with van der Waals surface area (Å²) < 4.78 is 5.28. The molecule has 0 aliphatic heterocycles. The smallest absolute Gasteiger partial charge is 0.264 e. The van der Waals surface area contributed by atoms with Gasteiger partial charge in [0, 0.05) is 6.07 Å². The molecular formula is C11H9Cl2N3O2S. The maximum atomic E-state index is 11.6. The number of rotatable bonds is 4. The van der Waals surface area contributed by atoms with Crippen molar-refractivity contribution in [3.05, 3.63) is 33.3 Å². The fourth-order valence-corrected chi connectivity index (χ4v) is 2.11. The Labute approximate surface area is 123 Å². The number of nitrogens with zero attached hydrogens (tertiary/aromatic N) is 2. The van der Waals surface area contributed by atoms with Gasteiger partial charge in [0.05, 0.1) is 10.0 Å². The average molecular weight is 318 g/mol. The molecule has 0 aliphatic rings. The fourth-order valence-electron chi connectivity index (χ4n) is 1.22. The highest BCUT2D eigenvalue weighted by Gasteiger charge is 2.08. The molecule has 19 heavy (non-hydrogen) atoms. The van der Waals surface area contributed by atoms with Crippen molar-refractivity contribution in [1.29, 1.82) is 0 Å². The summed E-state index contributed by atoms with van der Waals surface area (Å²) in [4.78, 5) is 11.6. The molecule has 1 N–H and O–H groups in total. The molecule has 100 valence electrons. The van der Waals surface area contributed by atoms with E-state index in [0.29, 0.717) is 20.9 Å². The Hall–Kier alpha value is -1.37. The standard InChI is InChI=1S/C11H9Cl2N3O2S/c1-6-15-16-11(19-6)14-10(17)5-18-7-2-3-8(12)9(13)4-7/h2-4H,5H2,1H3,(H,14,16,17). The Balaban J connectivity index is 1.88. The van der Waals surface area contributed by atoms with Crippen molar-refractivity contribution in [2.24, 2.45) is 0 Å². The van der Waals surface area contributed by atoms with E-state index in [2.05, 4.69) is 15.5 Å². The molecule has 0 unspecified atom stereocenters. The van der Waals surface area contributed by atoms with Crippen LogP contribution in [-0.2, 0) is 4.79 Å². The van der Waals surface area contributed by atoms with Crippen LogP contribution in [-0.4, -0.2) is 22.7 Å². The molecule has 2 aromatic rings. The first-order chi connectivity index (χ1) is 9.04. The van der Waals surface area contributed by atoms with E-state index in [-0.39, 0.29) is 12.5 Å². The lowest BCUT2D eigenvalue weighted by molar-refractivity contribution is -0.118. The van der Waals surface area contributed by atoms with Crippen molar-refractivity contribution in [2.45, 2.75) is 6.92 Å². The monoisotopic (exact) mass is 317 g/mol. The first kappa shape index (κ1) is 14.0. The van der Waals surface area contributed by atoms with E-state index in [1.807, 2.05) is 0 Å². The number of benzene rings is 1. The zero-order valence-electron chi connectivity index (χ0n) is 9.81. The number of aromatic nitrogens is 2. The molecular weight excluding hydrogens is 309 g/mol. The molecule has 5 nitrogen and oxygen atoms in total. The van der Waals surface area contributed by atoms with Gasteiger partial charge in [0.2, 0.25) is 5.13 Å². The van der Waals surface area contributed by atoms with Crippen LogP contribution in [0.25, 0.3) is 0 Å². The first-order valence-electron chi connectivity index (χ1n) is 5.22. The maximum absolute atomic E-state index is 11.6. The quantitative estimate of drug-likeness (QED) is 0.940. The van der Waals surface area contributed by atoms with Gasteiger partial charge in [-0.1, -0.05) is 34.5 Å². The van der Waals surface area contributed by atoms with Crippen LogP contribution < -0.4 is 10.1 Å². The summed E-state index contributed by atoms with van der Waals surface area (Å²) in [5.74, 6) is 0.153. The second kappa shape index (κ2) is 6.18. The second-order valence-corrected chi connectivity index (χ2v) is 5.54. The predicted octanol–water partition coefficient (Wildman–Crippen LogP) is 3.17. The van der Waals surface area contributed by atoms with Gasteiger partial charge in [-0.05, 0) is 19.1 Å². The number of anilines is 1. The average Bonchev–Trinajstić information content (AvgIpc) is 2.76. The van der Waals surface area contributed by atoms with Crippen LogP contribution in [0.15, 0.2) is 18.2 Å². The fraction of sp³-hybridized carbons (Fsp3) is 0.182. The molecule has 1 aromatic carbocycles. The van der Waals surface area contributed by atoms with Crippen LogP contribution in [0.3, 0.4) is 0 Å².